The first-order chi connectivity index (χ1) is 16.9. The Bertz CT molecular complexity index is 1080. The van der Waals surface area contributed by atoms with E-state index in [1.54, 1.807) is 6.92 Å². The second-order valence-corrected chi connectivity index (χ2v) is 9.35. The molecule has 0 saturated heterocycles. The number of alkyl halides is 3. The summed E-state index contributed by atoms with van der Waals surface area (Å²) in [6.45, 7) is 5.81. The molecule has 1 amide bonds. The van der Waals surface area contributed by atoms with Crippen LogP contribution in [0.25, 0.3) is 11.3 Å². The molecule has 13 heteroatoms. The van der Waals surface area contributed by atoms with Crippen LogP contribution in [-0.2, 0) is 18.1 Å². The van der Waals surface area contributed by atoms with Crippen molar-refractivity contribution in [3.8, 4) is 11.3 Å². The number of halogens is 5. The monoisotopic (exact) mass is 552 g/mol. The molecule has 1 aliphatic rings. The number of nitrogens with one attached hydrogen (secondary N) is 2. The summed E-state index contributed by atoms with van der Waals surface area (Å²) in [6.07, 6.45) is -0.0637. The SMILES string of the molecule is CCn1nc(C(=O)NCC2CCC(C)CC2)c(Cl)c1-c1ccc(N[C@H](C)C(F)(F)F)cc1F.O=S=O. The number of nitrogens with zero attached hydrogens (tertiary/aromatic N) is 2. The molecule has 1 atom stereocenters. The van der Waals surface area contributed by atoms with Crippen LogP contribution in [0.2, 0.25) is 5.02 Å². The standard InChI is InChI=1S/C23H29ClF4N4O.O2S/c1-4-32-21(17-10-9-16(11-18(17)25)30-14(3)23(26,27)28)19(24)20(31-32)22(33)29-12-15-7-5-13(2)6-8-15;1-3-2/h9-11,13-15,30H,4-8,12H2,1-3H3,(H,29,33);/t13?,14-,15?;/m1./s1. The van der Waals surface area contributed by atoms with Crippen LogP contribution in [0.15, 0.2) is 18.2 Å². The Kier molecular flexibility index (Phi) is 10.9. The summed E-state index contributed by atoms with van der Waals surface area (Å²) in [5, 5.41) is 9.40. The Labute approximate surface area is 215 Å². The number of hydrogen-bond acceptors (Lipinski definition) is 5. The number of anilines is 1. The van der Waals surface area contributed by atoms with E-state index in [4.69, 9.17) is 20.0 Å². The van der Waals surface area contributed by atoms with Gasteiger partial charge in [-0.15, -0.1) is 0 Å². The third kappa shape index (κ3) is 7.76. The van der Waals surface area contributed by atoms with Crippen LogP contribution in [0.4, 0.5) is 23.2 Å². The summed E-state index contributed by atoms with van der Waals surface area (Å²) in [6, 6.07) is 1.81. The highest BCUT2D eigenvalue weighted by atomic mass is 35.5. The Morgan fingerprint density at radius 2 is 1.86 bits per heavy atom. The normalized spacial score (nSPS) is 18.6. The van der Waals surface area contributed by atoms with Crippen molar-refractivity contribution in [3.05, 3.63) is 34.7 Å². The minimum Gasteiger partial charge on any atom is -0.374 e. The number of benzene rings is 1. The van der Waals surface area contributed by atoms with Crippen molar-refractivity contribution in [2.75, 3.05) is 11.9 Å². The molecule has 7 nitrogen and oxygen atoms in total. The van der Waals surface area contributed by atoms with E-state index in [0.717, 1.165) is 38.7 Å². The molecule has 1 saturated carbocycles. The number of carbonyl (C=O) groups excluding carboxylic acids is 1. The van der Waals surface area contributed by atoms with Crippen molar-refractivity contribution in [2.24, 2.45) is 11.8 Å². The minimum absolute atomic E-state index is 0.00462. The highest BCUT2D eigenvalue weighted by molar-refractivity contribution is 7.51. The fraction of sp³-hybridized carbons (Fsp3) is 0.565. The van der Waals surface area contributed by atoms with E-state index in [0.29, 0.717) is 24.9 Å². The highest BCUT2D eigenvalue weighted by Gasteiger charge is 2.36. The molecule has 1 aromatic heterocycles. The van der Waals surface area contributed by atoms with Gasteiger partial charge in [0.1, 0.15) is 11.9 Å². The Morgan fingerprint density at radius 1 is 1.25 bits per heavy atom. The van der Waals surface area contributed by atoms with E-state index >= 15 is 0 Å². The lowest BCUT2D eigenvalue weighted by Gasteiger charge is -2.26. The minimum atomic E-state index is -4.46. The molecule has 2 N–H and O–H groups in total. The molecule has 1 heterocycles. The number of carbonyl (C=O) groups is 1. The average Bonchev–Trinajstić information content (AvgIpc) is 3.14. The summed E-state index contributed by atoms with van der Waals surface area (Å²) < 4.78 is 71.2. The zero-order valence-electron chi connectivity index (χ0n) is 20.1. The van der Waals surface area contributed by atoms with E-state index in [1.807, 2.05) is 0 Å². The number of rotatable bonds is 7. The van der Waals surface area contributed by atoms with Gasteiger partial charge in [0.25, 0.3) is 5.91 Å². The van der Waals surface area contributed by atoms with Crippen LogP contribution in [0.1, 0.15) is 56.9 Å². The predicted molar refractivity (Wildman–Crippen MR) is 130 cm³/mol. The molecule has 1 aliphatic carbocycles. The van der Waals surface area contributed by atoms with Crippen LogP contribution in [0.3, 0.4) is 0 Å². The lowest BCUT2D eigenvalue weighted by atomic mass is 9.83. The molecule has 200 valence electrons. The van der Waals surface area contributed by atoms with Gasteiger partial charge in [-0.1, -0.05) is 31.4 Å². The van der Waals surface area contributed by atoms with Gasteiger partial charge in [-0.05, 0) is 56.7 Å². The van der Waals surface area contributed by atoms with Crippen LogP contribution >= 0.6 is 11.6 Å². The number of aryl methyl sites for hydroxylation is 1. The number of amides is 1. The maximum absolute atomic E-state index is 14.9. The van der Waals surface area contributed by atoms with Crippen molar-refractivity contribution in [3.63, 3.8) is 0 Å². The highest BCUT2D eigenvalue weighted by Crippen LogP contribution is 2.35. The zero-order chi connectivity index (χ0) is 27.0. The smallest absolute Gasteiger partial charge is 0.374 e. The fourth-order valence-electron chi connectivity index (χ4n) is 4.05. The second-order valence-electron chi connectivity index (χ2n) is 8.83. The Hall–Kier alpha value is -2.47. The van der Waals surface area contributed by atoms with Crippen molar-refractivity contribution < 1.29 is 30.8 Å². The zero-order valence-corrected chi connectivity index (χ0v) is 21.7. The van der Waals surface area contributed by atoms with E-state index in [-0.39, 0.29) is 27.7 Å². The Balaban J connectivity index is 0.00000145. The van der Waals surface area contributed by atoms with Gasteiger partial charge in [-0.3, -0.25) is 9.48 Å². The van der Waals surface area contributed by atoms with Gasteiger partial charge in [0.15, 0.2) is 5.69 Å². The Morgan fingerprint density at radius 3 is 2.39 bits per heavy atom. The molecule has 0 aliphatic heterocycles. The third-order valence-electron chi connectivity index (χ3n) is 6.19. The number of hydrogen-bond donors (Lipinski definition) is 2. The molecule has 0 bridgehead atoms. The lowest BCUT2D eigenvalue weighted by molar-refractivity contribution is -0.138. The average molecular weight is 553 g/mol. The van der Waals surface area contributed by atoms with Gasteiger partial charge >= 0.3 is 17.7 Å². The lowest BCUT2D eigenvalue weighted by Crippen LogP contribution is -2.33. The summed E-state index contributed by atoms with van der Waals surface area (Å²) in [5.41, 5.74) is 0.258. The molecular formula is C23H29ClF4N4O3S. The van der Waals surface area contributed by atoms with Crippen molar-refractivity contribution in [1.82, 2.24) is 15.1 Å². The maximum atomic E-state index is 14.9. The predicted octanol–water partition coefficient (Wildman–Crippen LogP) is 5.61. The van der Waals surface area contributed by atoms with Gasteiger partial charge in [-0.25, -0.2) is 4.39 Å². The van der Waals surface area contributed by atoms with E-state index < -0.39 is 35.5 Å². The van der Waals surface area contributed by atoms with Gasteiger partial charge in [0.05, 0.1) is 10.7 Å². The summed E-state index contributed by atoms with van der Waals surface area (Å²) in [7, 11) is 0. The summed E-state index contributed by atoms with van der Waals surface area (Å²) in [5.74, 6) is -0.0745. The molecule has 3 rings (SSSR count). The van der Waals surface area contributed by atoms with Gasteiger partial charge < -0.3 is 10.6 Å². The molecule has 36 heavy (non-hydrogen) atoms. The van der Waals surface area contributed by atoms with Crippen molar-refractivity contribution in [1.29, 1.82) is 0 Å². The van der Waals surface area contributed by atoms with Gasteiger partial charge in [-0.2, -0.15) is 26.7 Å². The molecular weight excluding hydrogens is 524 g/mol. The molecule has 0 unspecified atom stereocenters. The quantitative estimate of drug-likeness (QED) is 0.435. The van der Waals surface area contributed by atoms with Gasteiger partial charge in [0.2, 0.25) is 0 Å². The third-order valence-corrected chi connectivity index (χ3v) is 6.55. The molecule has 0 radical (unpaired) electrons. The summed E-state index contributed by atoms with van der Waals surface area (Å²) in [4.78, 5) is 12.8. The first kappa shape index (κ1) is 29.8. The first-order valence-electron chi connectivity index (χ1n) is 11.5. The van der Waals surface area contributed by atoms with Crippen LogP contribution in [0, 0.1) is 17.7 Å². The fourth-order valence-corrected chi connectivity index (χ4v) is 4.38. The van der Waals surface area contributed by atoms with Crippen molar-refractivity contribution in [2.45, 2.75) is 65.2 Å². The van der Waals surface area contributed by atoms with Crippen molar-refractivity contribution >= 4 is 34.8 Å². The topological polar surface area (TPSA) is 93.1 Å². The van der Waals surface area contributed by atoms with E-state index in [1.165, 1.54) is 16.8 Å². The molecule has 1 aromatic carbocycles. The first-order valence-corrected chi connectivity index (χ1v) is 12.6. The second kappa shape index (κ2) is 13.2. The number of aromatic nitrogens is 2. The maximum Gasteiger partial charge on any atom is 0.408 e. The van der Waals surface area contributed by atoms with E-state index in [9.17, 15) is 22.4 Å². The van der Waals surface area contributed by atoms with Crippen LogP contribution < -0.4 is 10.6 Å². The molecule has 1 fully saturated rings. The molecule has 0 spiro atoms. The summed E-state index contributed by atoms with van der Waals surface area (Å²) >= 11 is 5.71. The van der Waals surface area contributed by atoms with E-state index in [2.05, 4.69) is 22.7 Å². The largest absolute Gasteiger partial charge is 0.408 e. The van der Waals surface area contributed by atoms with Crippen LogP contribution in [0.5, 0.6) is 0 Å². The van der Waals surface area contributed by atoms with Crippen LogP contribution in [-0.4, -0.2) is 42.9 Å². The molecule has 2 aromatic rings. The van der Waals surface area contributed by atoms with Gasteiger partial charge in [0, 0.05) is 24.3 Å².